The Morgan fingerprint density at radius 3 is 2.58 bits per heavy atom. The zero-order valence-electron chi connectivity index (χ0n) is 7.46. The van der Waals surface area contributed by atoms with Crippen LogP contribution in [-0.2, 0) is 5.41 Å². The maximum atomic E-state index is 5.65. The molecular weight excluding hydrogens is 146 g/mol. The molecule has 0 bridgehead atoms. The molecule has 2 rings (SSSR count). The molecular formula is C11H15N. The molecule has 1 heteroatoms. The van der Waals surface area contributed by atoms with Gasteiger partial charge in [-0.05, 0) is 29.9 Å². The summed E-state index contributed by atoms with van der Waals surface area (Å²) in [6.45, 7) is 3.13. The summed E-state index contributed by atoms with van der Waals surface area (Å²) in [4.78, 5) is 0. The number of hydrogen-bond acceptors (Lipinski definition) is 1. The van der Waals surface area contributed by atoms with E-state index in [1.165, 1.54) is 12.0 Å². The van der Waals surface area contributed by atoms with Gasteiger partial charge in [-0.2, -0.15) is 0 Å². The molecule has 2 N–H and O–H groups in total. The van der Waals surface area contributed by atoms with E-state index < -0.39 is 0 Å². The molecule has 64 valence electrons. The highest BCUT2D eigenvalue weighted by Gasteiger charge is 2.49. The van der Waals surface area contributed by atoms with E-state index >= 15 is 0 Å². The van der Waals surface area contributed by atoms with Crippen LogP contribution in [0, 0.1) is 5.92 Å². The third-order valence-electron chi connectivity index (χ3n) is 3.13. The molecule has 0 spiro atoms. The van der Waals surface area contributed by atoms with Gasteiger partial charge in [0.25, 0.3) is 0 Å². The maximum absolute atomic E-state index is 5.65. The van der Waals surface area contributed by atoms with E-state index in [0.29, 0.717) is 11.3 Å². The lowest BCUT2D eigenvalue weighted by Crippen LogP contribution is -2.11. The molecule has 2 unspecified atom stereocenters. The van der Waals surface area contributed by atoms with Gasteiger partial charge in [0.05, 0.1) is 0 Å². The predicted molar refractivity (Wildman–Crippen MR) is 51.0 cm³/mol. The lowest BCUT2D eigenvalue weighted by atomic mass is 9.96. The average molecular weight is 161 g/mol. The van der Waals surface area contributed by atoms with E-state index in [4.69, 9.17) is 5.73 Å². The van der Waals surface area contributed by atoms with Gasteiger partial charge in [-0.3, -0.25) is 0 Å². The monoisotopic (exact) mass is 161 g/mol. The van der Waals surface area contributed by atoms with Crippen molar-refractivity contribution in [3.8, 4) is 0 Å². The standard InChI is InChI=1S/C11H15N/c1-11(7-10(11)8-12)9-5-3-2-4-6-9/h2-6,10H,7-8,12H2,1H3. The molecule has 0 aliphatic heterocycles. The van der Waals surface area contributed by atoms with Gasteiger partial charge in [0.2, 0.25) is 0 Å². The van der Waals surface area contributed by atoms with E-state index in [2.05, 4.69) is 37.3 Å². The molecule has 0 saturated heterocycles. The van der Waals surface area contributed by atoms with Gasteiger partial charge in [0.1, 0.15) is 0 Å². The predicted octanol–water partition coefficient (Wildman–Crippen LogP) is 1.92. The molecule has 1 aromatic carbocycles. The second-order valence-electron chi connectivity index (χ2n) is 3.92. The van der Waals surface area contributed by atoms with Crippen molar-refractivity contribution in [2.75, 3.05) is 6.54 Å². The van der Waals surface area contributed by atoms with Crippen LogP contribution in [-0.4, -0.2) is 6.54 Å². The molecule has 1 aromatic rings. The summed E-state index contributed by atoms with van der Waals surface area (Å²) >= 11 is 0. The number of benzene rings is 1. The van der Waals surface area contributed by atoms with Crippen LogP contribution in [0.1, 0.15) is 18.9 Å². The van der Waals surface area contributed by atoms with Gasteiger partial charge in [0, 0.05) is 0 Å². The molecule has 1 aliphatic rings. The molecule has 1 aliphatic carbocycles. The van der Waals surface area contributed by atoms with Crippen LogP contribution in [0.4, 0.5) is 0 Å². The van der Waals surface area contributed by atoms with Crippen molar-refractivity contribution in [1.29, 1.82) is 0 Å². The Bertz CT molecular complexity index is 268. The fraction of sp³-hybridized carbons (Fsp3) is 0.455. The van der Waals surface area contributed by atoms with Crippen molar-refractivity contribution in [3.05, 3.63) is 35.9 Å². The van der Waals surface area contributed by atoms with Gasteiger partial charge in [0.15, 0.2) is 0 Å². The van der Waals surface area contributed by atoms with Crippen LogP contribution in [0.2, 0.25) is 0 Å². The smallest absolute Gasteiger partial charge is 0.00313 e. The summed E-state index contributed by atoms with van der Waals surface area (Å²) in [7, 11) is 0. The van der Waals surface area contributed by atoms with Crippen molar-refractivity contribution in [3.63, 3.8) is 0 Å². The highest BCUT2D eigenvalue weighted by Crippen LogP contribution is 2.53. The second kappa shape index (κ2) is 2.60. The molecule has 1 saturated carbocycles. The first kappa shape index (κ1) is 7.81. The average Bonchev–Trinajstić information content (AvgIpc) is 2.81. The molecule has 12 heavy (non-hydrogen) atoms. The Kier molecular flexibility index (Phi) is 1.69. The van der Waals surface area contributed by atoms with E-state index in [0.717, 1.165) is 6.54 Å². The van der Waals surface area contributed by atoms with Gasteiger partial charge in [-0.25, -0.2) is 0 Å². The summed E-state index contributed by atoms with van der Waals surface area (Å²) in [5.41, 5.74) is 7.48. The Morgan fingerprint density at radius 2 is 2.08 bits per heavy atom. The summed E-state index contributed by atoms with van der Waals surface area (Å²) in [6.07, 6.45) is 1.26. The van der Waals surface area contributed by atoms with Gasteiger partial charge in [-0.15, -0.1) is 0 Å². The van der Waals surface area contributed by atoms with Crippen LogP contribution < -0.4 is 5.73 Å². The second-order valence-corrected chi connectivity index (χ2v) is 3.92. The van der Waals surface area contributed by atoms with E-state index in [9.17, 15) is 0 Å². The first-order chi connectivity index (χ1) is 5.77. The highest BCUT2D eigenvalue weighted by molar-refractivity contribution is 5.32. The number of nitrogens with two attached hydrogens (primary N) is 1. The fourth-order valence-electron chi connectivity index (χ4n) is 1.97. The number of hydrogen-bond donors (Lipinski definition) is 1. The summed E-state index contributed by atoms with van der Waals surface area (Å²) < 4.78 is 0. The van der Waals surface area contributed by atoms with Crippen LogP contribution in [0.15, 0.2) is 30.3 Å². The maximum Gasteiger partial charge on any atom is -0.00313 e. The molecule has 1 fully saturated rings. The van der Waals surface area contributed by atoms with Gasteiger partial charge in [-0.1, -0.05) is 37.3 Å². The SMILES string of the molecule is CC1(c2ccccc2)CC1CN. The summed E-state index contributed by atoms with van der Waals surface area (Å²) in [5, 5.41) is 0. The van der Waals surface area contributed by atoms with E-state index in [1.54, 1.807) is 0 Å². The van der Waals surface area contributed by atoms with Crippen LogP contribution in [0.5, 0.6) is 0 Å². The zero-order chi connectivity index (χ0) is 8.60. The fourth-order valence-corrected chi connectivity index (χ4v) is 1.97. The van der Waals surface area contributed by atoms with E-state index in [-0.39, 0.29) is 0 Å². The molecule has 0 radical (unpaired) electrons. The lowest BCUT2D eigenvalue weighted by Gasteiger charge is -2.10. The molecule has 1 nitrogen and oxygen atoms in total. The van der Waals surface area contributed by atoms with Crippen molar-refractivity contribution >= 4 is 0 Å². The van der Waals surface area contributed by atoms with Crippen molar-refractivity contribution in [2.24, 2.45) is 11.7 Å². The highest BCUT2D eigenvalue weighted by atomic mass is 14.7. The van der Waals surface area contributed by atoms with E-state index in [1.807, 2.05) is 0 Å². The minimum absolute atomic E-state index is 0.385. The van der Waals surface area contributed by atoms with Crippen LogP contribution >= 0.6 is 0 Å². The third kappa shape index (κ3) is 1.05. The van der Waals surface area contributed by atoms with Gasteiger partial charge < -0.3 is 5.73 Å². The molecule has 0 aromatic heterocycles. The zero-order valence-corrected chi connectivity index (χ0v) is 7.46. The first-order valence-corrected chi connectivity index (χ1v) is 4.53. The van der Waals surface area contributed by atoms with Crippen molar-refractivity contribution in [2.45, 2.75) is 18.8 Å². The minimum atomic E-state index is 0.385. The summed E-state index contributed by atoms with van der Waals surface area (Å²) in [5.74, 6) is 0.708. The Labute approximate surface area is 73.6 Å². The third-order valence-corrected chi connectivity index (χ3v) is 3.13. The van der Waals surface area contributed by atoms with Crippen molar-refractivity contribution in [1.82, 2.24) is 0 Å². The minimum Gasteiger partial charge on any atom is -0.330 e. The van der Waals surface area contributed by atoms with Crippen molar-refractivity contribution < 1.29 is 0 Å². The first-order valence-electron chi connectivity index (χ1n) is 4.53. The lowest BCUT2D eigenvalue weighted by molar-refractivity contribution is 0.666. The number of rotatable bonds is 2. The Balaban J connectivity index is 2.23. The largest absolute Gasteiger partial charge is 0.330 e. The quantitative estimate of drug-likeness (QED) is 0.704. The normalized spacial score (nSPS) is 33.3. The molecule has 2 atom stereocenters. The molecule has 0 amide bonds. The van der Waals surface area contributed by atoms with Crippen LogP contribution in [0.3, 0.4) is 0 Å². The van der Waals surface area contributed by atoms with Crippen LogP contribution in [0.25, 0.3) is 0 Å². The Hall–Kier alpha value is -0.820. The molecule has 0 heterocycles. The summed E-state index contributed by atoms with van der Waals surface area (Å²) in [6, 6.07) is 10.7. The Morgan fingerprint density at radius 1 is 1.42 bits per heavy atom. The van der Waals surface area contributed by atoms with Gasteiger partial charge >= 0.3 is 0 Å². The topological polar surface area (TPSA) is 26.0 Å².